The first kappa shape index (κ1) is 12.4. The zero-order valence-corrected chi connectivity index (χ0v) is 11.2. The van der Waals surface area contributed by atoms with Crippen molar-refractivity contribution in [1.29, 1.82) is 0 Å². The third-order valence-corrected chi connectivity index (χ3v) is 2.96. The highest BCUT2D eigenvalue weighted by Crippen LogP contribution is 2.25. The van der Waals surface area contributed by atoms with E-state index in [1.165, 1.54) is 0 Å². The quantitative estimate of drug-likeness (QED) is 0.791. The molecule has 2 rings (SSSR count). The van der Waals surface area contributed by atoms with Gasteiger partial charge >= 0.3 is 0 Å². The molecule has 2 aromatic rings. The van der Waals surface area contributed by atoms with Crippen LogP contribution >= 0.6 is 23.2 Å². The Kier molecular flexibility index (Phi) is 3.69. The molecule has 0 amide bonds. The molecule has 1 heterocycles. The predicted octanol–water partition coefficient (Wildman–Crippen LogP) is 3.92. The van der Waals surface area contributed by atoms with Gasteiger partial charge in [0.15, 0.2) is 5.82 Å². The topological polar surface area (TPSA) is 30.7 Å². The van der Waals surface area contributed by atoms with Gasteiger partial charge in [0.05, 0.1) is 5.88 Å². The van der Waals surface area contributed by atoms with Crippen molar-refractivity contribution in [3.63, 3.8) is 0 Å². The standard InChI is InChI=1S/C12H13Cl2N3/c1-8(2)17-11(7-13)15-16-12(17)9-4-3-5-10(14)6-9/h3-6,8H,7H2,1-2H3. The fourth-order valence-corrected chi connectivity index (χ4v) is 2.15. The molecule has 0 aliphatic rings. The minimum Gasteiger partial charge on any atom is -0.307 e. The smallest absolute Gasteiger partial charge is 0.164 e. The second-order valence-electron chi connectivity index (χ2n) is 4.05. The maximum atomic E-state index is 5.98. The van der Waals surface area contributed by atoms with Gasteiger partial charge in [-0.3, -0.25) is 0 Å². The minimum absolute atomic E-state index is 0.257. The molecule has 17 heavy (non-hydrogen) atoms. The summed E-state index contributed by atoms with van der Waals surface area (Å²) in [5.74, 6) is 1.93. The number of benzene rings is 1. The minimum atomic E-state index is 0.257. The van der Waals surface area contributed by atoms with E-state index >= 15 is 0 Å². The third kappa shape index (κ3) is 2.45. The van der Waals surface area contributed by atoms with Crippen LogP contribution in [0.5, 0.6) is 0 Å². The number of nitrogens with zero attached hydrogens (tertiary/aromatic N) is 3. The Morgan fingerprint density at radius 2 is 2.06 bits per heavy atom. The lowest BCUT2D eigenvalue weighted by Gasteiger charge is -2.13. The first-order valence-corrected chi connectivity index (χ1v) is 6.30. The van der Waals surface area contributed by atoms with Crippen LogP contribution in [0, 0.1) is 0 Å². The lowest BCUT2D eigenvalue weighted by atomic mass is 10.2. The average Bonchev–Trinajstić information content (AvgIpc) is 2.72. The van der Waals surface area contributed by atoms with Crippen LogP contribution in [0.25, 0.3) is 11.4 Å². The molecule has 3 nitrogen and oxygen atoms in total. The molecule has 0 saturated carbocycles. The largest absolute Gasteiger partial charge is 0.307 e. The van der Waals surface area contributed by atoms with Gasteiger partial charge in [-0.2, -0.15) is 0 Å². The summed E-state index contributed by atoms with van der Waals surface area (Å²) in [6.45, 7) is 4.15. The van der Waals surface area contributed by atoms with Crippen LogP contribution in [-0.2, 0) is 5.88 Å². The van der Waals surface area contributed by atoms with Crippen molar-refractivity contribution >= 4 is 23.2 Å². The molecule has 0 unspecified atom stereocenters. The lowest BCUT2D eigenvalue weighted by molar-refractivity contribution is 0.585. The van der Waals surface area contributed by atoms with E-state index in [4.69, 9.17) is 23.2 Å². The molecular weight excluding hydrogens is 257 g/mol. The van der Waals surface area contributed by atoms with E-state index in [0.29, 0.717) is 10.9 Å². The summed E-state index contributed by atoms with van der Waals surface area (Å²) >= 11 is 11.8. The Labute approximate surface area is 110 Å². The zero-order chi connectivity index (χ0) is 12.4. The van der Waals surface area contributed by atoms with E-state index in [-0.39, 0.29) is 6.04 Å². The van der Waals surface area contributed by atoms with Gasteiger partial charge < -0.3 is 4.57 Å². The molecular formula is C12H13Cl2N3. The van der Waals surface area contributed by atoms with Gasteiger partial charge in [-0.15, -0.1) is 21.8 Å². The van der Waals surface area contributed by atoms with E-state index in [0.717, 1.165) is 17.2 Å². The van der Waals surface area contributed by atoms with Crippen LogP contribution in [0.4, 0.5) is 0 Å². The van der Waals surface area contributed by atoms with E-state index in [1.807, 2.05) is 28.8 Å². The molecule has 1 aromatic carbocycles. The molecule has 0 N–H and O–H groups in total. The summed E-state index contributed by atoms with van der Waals surface area (Å²) in [5.41, 5.74) is 0.954. The van der Waals surface area contributed by atoms with E-state index in [2.05, 4.69) is 24.0 Å². The van der Waals surface area contributed by atoms with Crippen molar-refractivity contribution in [3.05, 3.63) is 35.1 Å². The predicted molar refractivity (Wildman–Crippen MR) is 70.4 cm³/mol. The number of hydrogen-bond acceptors (Lipinski definition) is 2. The molecule has 0 saturated heterocycles. The third-order valence-electron chi connectivity index (χ3n) is 2.49. The summed E-state index contributed by atoms with van der Waals surface area (Å²) in [7, 11) is 0. The Morgan fingerprint density at radius 1 is 1.29 bits per heavy atom. The van der Waals surface area contributed by atoms with Crippen molar-refractivity contribution in [3.8, 4) is 11.4 Å². The molecule has 0 aliphatic heterocycles. The monoisotopic (exact) mass is 269 g/mol. The molecule has 5 heteroatoms. The fraction of sp³-hybridized carbons (Fsp3) is 0.333. The van der Waals surface area contributed by atoms with Crippen LogP contribution < -0.4 is 0 Å². The molecule has 1 aromatic heterocycles. The van der Waals surface area contributed by atoms with Gasteiger partial charge in [-0.1, -0.05) is 23.7 Å². The molecule has 0 atom stereocenters. The number of aromatic nitrogens is 3. The van der Waals surface area contributed by atoms with E-state index < -0.39 is 0 Å². The fourth-order valence-electron chi connectivity index (χ4n) is 1.78. The molecule has 0 aliphatic carbocycles. The van der Waals surface area contributed by atoms with Crippen molar-refractivity contribution in [2.24, 2.45) is 0 Å². The molecule has 0 bridgehead atoms. The van der Waals surface area contributed by atoms with Crippen molar-refractivity contribution < 1.29 is 0 Å². The van der Waals surface area contributed by atoms with Crippen LogP contribution in [0.2, 0.25) is 5.02 Å². The highest BCUT2D eigenvalue weighted by atomic mass is 35.5. The van der Waals surface area contributed by atoms with Crippen LogP contribution in [-0.4, -0.2) is 14.8 Å². The lowest BCUT2D eigenvalue weighted by Crippen LogP contribution is -2.06. The van der Waals surface area contributed by atoms with Crippen LogP contribution in [0.15, 0.2) is 24.3 Å². The summed E-state index contributed by atoms with van der Waals surface area (Å²) in [4.78, 5) is 0. The summed E-state index contributed by atoms with van der Waals surface area (Å²) < 4.78 is 2.03. The van der Waals surface area contributed by atoms with Gasteiger partial charge in [0.25, 0.3) is 0 Å². The number of hydrogen-bond donors (Lipinski definition) is 0. The second-order valence-corrected chi connectivity index (χ2v) is 4.75. The normalized spacial score (nSPS) is 11.1. The summed E-state index contributed by atoms with van der Waals surface area (Å²) in [6.07, 6.45) is 0. The average molecular weight is 270 g/mol. The summed E-state index contributed by atoms with van der Waals surface area (Å²) in [6, 6.07) is 7.84. The van der Waals surface area contributed by atoms with Gasteiger partial charge in [0, 0.05) is 16.6 Å². The highest BCUT2D eigenvalue weighted by molar-refractivity contribution is 6.30. The molecule has 0 radical (unpaired) electrons. The van der Waals surface area contributed by atoms with Crippen molar-refractivity contribution in [1.82, 2.24) is 14.8 Å². The Hall–Kier alpha value is -1.06. The summed E-state index contributed by atoms with van der Waals surface area (Å²) in [5, 5.41) is 8.98. The molecule has 90 valence electrons. The SMILES string of the molecule is CC(C)n1c(CCl)nnc1-c1cccc(Cl)c1. The van der Waals surface area contributed by atoms with Gasteiger partial charge in [-0.05, 0) is 26.0 Å². The van der Waals surface area contributed by atoms with Crippen LogP contribution in [0.1, 0.15) is 25.7 Å². The zero-order valence-electron chi connectivity index (χ0n) is 9.69. The first-order valence-electron chi connectivity index (χ1n) is 5.39. The van der Waals surface area contributed by atoms with Crippen LogP contribution in [0.3, 0.4) is 0 Å². The molecule has 0 fully saturated rings. The van der Waals surface area contributed by atoms with Gasteiger partial charge in [-0.25, -0.2) is 0 Å². The Bertz CT molecular complexity index is 520. The number of rotatable bonds is 3. The second kappa shape index (κ2) is 5.07. The number of alkyl halides is 1. The van der Waals surface area contributed by atoms with Crippen molar-refractivity contribution in [2.75, 3.05) is 0 Å². The Balaban J connectivity index is 2.56. The van der Waals surface area contributed by atoms with E-state index in [9.17, 15) is 0 Å². The maximum absolute atomic E-state index is 5.98. The Morgan fingerprint density at radius 3 is 2.65 bits per heavy atom. The molecule has 0 spiro atoms. The maximum Gasteiger partial charge on any atom is 0.164 e. The first-order chi connectivity index (χ1) is 8.13. The van der Waals surface area contributed by atoms with Gasteiger partial charge in [0.2, 0.25) is 0 Å². The number of halogens is 2. The van der Waals surface area contributed by atoms with E-state index in [1.54, 1.807) is 0 Å². The van der Waals surface area contributed by atoms with Crippen molar-refractivity contribution in [2.45, 2.75) is 25.8 Å². The van der Waals surface area contributed by atoms with Gasteiger partial charge in [0.1, 0.15) is 5.82 Å². The highest BCUT2D eigenvalue weighted by Gasteiger charge is 2.15.